The zero-order valence-electron chi connectivity index (χ0n) is 35.4. The predicted octanol–water partition coefficient (Wildman–Crippen LogP) is 13.3. The van der Waals surface area contributed by atoms with Crippen LogP contribution in [-0.4, -0.2) is 34.7 Å². The van der Waals surface area contributed by atoms with Gasteiger partial charge in [0.2, 0.25) is 5.54 Å². The van der Waals surface area contributed by atoms with Crippen LogP contribution in [0.1, 0.15) is 209 Å². The van der Waals surface area contributed by atoms with Crippen LogP contribution in [0.3, 0.4) is 0 Å². The summed E-state index contributed by atoms with van der Waals surface area (Å²) in [7, 11) is 0. The predicted molar refractivity (Wildman–Crippen MR) is 215 cm³/mol. The highest BCUT2D eigenvalue weighted by Gasteiger charge is 2.61. The zero-order valence-corrected chi connectivity index (χ0v) is 35.4. The van der Waals surface area contributed by atoms with Crippen molar-refractivity contribution in [3.05, 3.63) is 16.6 Å². The molecule has 4 aliphatic carbocycles. The molecule has 0 aromatic rings. The number of fused-ring (bicyclic) bond motifs is 5. The van der Waals surface area contributed by atoms with Crippen molar-refractivity contribution in [2.24, 2.45) is 46.3 Å². The second kappa shape index (κ2) is 18.1. The largest absolute Gasteiger partial charge is 0.462 e. The fraction of sp³-hybridized carbons (Fsp3) is 0.936. The topological polar surface area (TPSA) is 55.6 Å². The number of hydrogen-bond donors (Lipinski definition) is 0. The van der Waals surface area contributed by atoms with E-state index in [1.165, 1.54) is 101 Å². The summed E-state index contributed by atoms with van der Waals surface area (Å²) in [5.41, 5.74) is 1.04. The normalized spacial score (nSPS) is 35.9. The third-order valence-electron chi connectivity index (χ3n) is 15.8. The smallest absolute Gasteiger partial charge is 0.315 e. The minimum atomic E-state index is -0.803. The molecule has 0 N–H and O–H groups in total. The van der Waals surface area contributed by atoms with Crippen LogP contribution in [0.5, 0.6) is 0 Å². The summed E-state index contributed by atoms with van der Waals surface area (Å²) >= 11 is 0. The zero-order chi connectivity index (χ0) is 37.6. The number of carbonyl (C=O) groups excluding carboxylic acids is 1. The molecule has 0 amide bonds. The molecule has 1 unspecified atom stereocenters. The number of rotatable bonds is 20. The van der Waals surface area contributed by atoms with Crippen LogP contribution >= 0.6 is 0 Å². The van der Waals surface area contributed by atoms with Gasteiger partial charge in [-0.25, -0.2) is 0 Å². The molecule has 5 heteroatoms. The molecule has 5 aliphatic rings. The van der Waals surface area contributed by atoms with Crippen molar-refractivity contribution in [1.29, 1.82) is 0 Å². The molecular weight excluding hydrogens is 643 g/mol. The Bertz CT molecular complexity index is 1210. The first-order chi connectivity index (χ1) is 24.8. The van der Waals surface area contributed by atoms with Crippen LogP contribution in [0.2, 0.25) is 0 Å². The van der Waals surface area contributed by atoms with Gasteiger partial charge in [0.1, 0.15) is 12.7 Å². The Morgan fingerprint density at radius 1 is 0.846 bits per heavy atom. The minimum Gasteiger partial charge on any atom is -0.462 e. The summed E-state index contributed by atoms with van der Waals surface area (Å²) in [5.74, 6) is 4.95. The van der Waals surface area contributed by atoms with Crippen molar-refractivity contribution >= 4 is 5.97 Å². The molecule has 0 bridgehead atoms. The molecular formula is C47H82NO4+. The maximum atomic E-state index is 13.5. The van der Waals surface area contributed by atoms with Crippen LogP contribution in [0.15, 0.2) is 11.6 Å². The van der Waals surface area contributed by atoms with Crippen LogP contribution in [0.25, 0.3) is 0 Å². The van der Waals surface area contributed by atoms with Gasteiger partial charge >= 0.3 is 11.7 Å². The number of unbranched alkanes of at least 4 members (excludes halogenated alkanes) is 8. The third-order valence-corrected chi connectivity index (χ3v) is 15.8. The number of allylic oxidation sites excluding steroid dienone is 1. The minimum absolute atomic E-state index is 0.00613. The highest BCUT2D eigenvalue weighted by Crippen LogP contribution is 2.67. The molecule has 1 saturated heterocycles. The molecule has 0 aromatic heterocycles. The first kappa shape index (κ1) is 41.9. The lowest BCUT2D eigenvalue weighted by Crippen LogP contribution is -2.51. The average Bonchev–Trinajstić information content (AvgIpc) is 3.57. The van der Waals surface area contributed by atoms with Crippen LogP contribution in [0, 0.1) is 51.2 Å². The quantitative estimate of drug-likeness (QED) is 0.0543. The van der Waals surface area contributed by atoms with Gasteiger partial charge in [0.05, 0.1) is 0 Å². The first-order valence-corrected chi connectivity index (χ1v) is 22.8. The molecule has 4 fully saturated rings. The van der Waals surface area contributed by atoms with Crippen molar-refractivity contribution in [1.82, 2.24) is 0 Å². The fourth-order valence-corrected chi connectivity index (χ4v) is 12.7. The molecule has 9 atom stereocenters. The lowest BCUT2D eigenvalue weighted by atomic mass is 9.47. The molecule has 52 heavy (non-hydrogen) atoms. The summed E-state index contributed by atoms with van der Waals surface area (Å²) in [4.78, 5) is 26.8. The Morgan fingerprint density at radius 2 is 1.54 bits per heavy atom. The second-order valence-corrected chi connectivity index (χ2v) is 20.4. The summed E-state index contributed by atoms with van der Waals surface area (Å²) in [6.07, 6.45) is 30.4. The maximum absolute atomic E-state index is 13.5. The van der Waals surface area contributed by atoms with E-state index in [1.807, 2.05) is 13.8 Å². The molecule has 0 aromatic carbocycles. The number of carbonyl (C=O) groups is 1. The van der Waals surface area contributed by atoms with E-state index in [-0.39, 0.29) is 17.5 Å². The van der Waals surface area contributed by atoms with E-state index in [4.69, 9.17) is 9.47 Å². The lowest BCUT2D eigenvalue weighted by Gasteiger charge is -2.58. The highest BCUT2D eigenvalue weighted by molar-refractivity contribution is 5.69. The standard InChI is InChI=1S/C47H82NO4/c1-9-10-11-12-13-14-15-16-17-29-47(48(50)44(5,6)34-51-47)30-19-22-43(49)52-38-27-31-45(7)37(33-38)23-24-39-41-26-25-40(36(4)21-18-20-35(2)3)46(41,8)32-28-42(39)45/h23,35-36,38-42H,9-22,24-34H2,1-8H3/q+1/t36-,38+,39+,40-,41+,42+,45+,46-,47?/m1/s1. The van der Waals surface area contributed by atoms with E-state index in [9.17, 15) is 9.70 Å². The molecule has 0 radical (unpaired) electrons. The van der Waals surface area contributed by atoms with Crippen molar-refractivity contribution in [2.75, 3.05) is 6.61 Å². The lowest BCUT2D eigenvalue weighted by molar-refractivity contribution is -0.688. The van der Waals surface area contributed by atoms with Crippen molar-refractivity contribution in [2.45, 2.75) is 227 Å². The molecule has 3 saturated carbocycles. The van der Waals surface area contributed by atoms with E-state index in [0.29, 0.717) is 31.3 Å². The van der Waals surface area contributed by atoms with E-state index in [0.717, 1.165) is 74.0 Å². The summed E-state index contributed by atoms with van der Waals surface area (Å²) in [6, 6.07) is 0. The molecule has 5 nitrogen and oxygen atoms in total. The van der Waals surface area contributed by atoms with Gasteiger partial charge in [-0.05, 0) is 104 Å². The number of hydrogen-bond acceptors (Lipinski definition) is 4. The van der Waals surface area contributed by atoms with Crippen molar-refractivity contribution in [3.8, 4) is 0 Å². The van der Waals surface area contributed by atoms with Gasteiger partial charge in [0.25, 0.3) is 0 Å². The number of nitrogens with zero attached hydrogens (tertiary/aromatic N) is 1. The van der Waals surface area contributed by atoms with E-state index in [1.54, 1.807) is 5.57 Å². The molecule has 1 heterocycles. The Balaban J connectivity index is 1.09. The van der Waals surface area contributed by atoms with Gasteiger partial charge in [-0.15, -0.1) is 0 Å². The van der Waals surface area contributed by atoms with E-state index in [2.05, 4.69) is 47.6 Å². The monoisotopic (exact) mass is 725 g/mol. The first-order valence-electron chi connectivity index (χ1n) is 22.8. The Labute approximate surface area is 320 Å². The molecule has 0 spiro atoms. The van der Waals surface area contributed by atoms with E-state index >= 15 is 0 Å². The third kappa shape index (κ3) is 9.41. The fourth-order valence-electron chi connectivity index (χ4n) is 12.7. The number of esters is 1. The van der Waals surface area contributed by atoms with Gasteiger partial charge < -0.3 is 9.47 Å². The summed E-state index contributed by atoms with van der Waals surface area (Å²) in [6.45, 7) is 19.3. The van der Waals surface area contributed by atoms with Crippen LogP contribution in [-0.2, 0) is 14.3 Å². The Hall–Kier alpha value is -1.23. The van der Waals surface area contributed by atoms with Crippen molar-refractivity contribution < 1.29 is 19.0 Å². The number of nitroso groups, excluding NO2 is 1. The van der Waals surface area contributed by atoms with Crippen molar-refractivity contribution in [3.63, 3.8) is 0 Å². The Morgan fingerprint density at radius 3 is 2.21 bits per heavy atom. The maximum Gasteiger partial charge on any atom is 0.315 e. The average molecular weight is 725 g/mol. The van der Waals surface area contributed by atoms with Gasteiger partial charge in [-0.3, -0.25) is 4.79 Å². The van der Waals surface area contributed by atoms with Crippen LogP contribution in [0.4, 0.5) is 0 Å². The van der Waals surface area contributed by atoms with Gasteiger partial charge in [-0.2, -0.15) is 0 Å². The number of ether oxygens (including phenoxy) is 2. The van der Waals surface area contributed by atoms with E-state index < -0.39 is 11.3 Å². The Kier molecular flexibility index (Phi) is 14.6. The molecule has 1 aliphatic heterocycles. The van der Waals surface area contributed by atoms with Gasteiger partial charge in [0, 0.05) is 49.2 Å². The van der Waals surface area contributed by atoms with Gasteiger partial charge in [-0.1, -0.05) is 124 Å². The summed E-state index contributed by atoms with van der Waals surface area (Å²) in [5, 5.41) is 0. The summed E-state index contributed by atoms with van der Waals surface area (Å²) < 4.78 is 13.8. The van der Waals surface area contributed by atoms with Crippen LogP contribution < -0.4 is 0 Å². The molecule has 5 rings (SSSR count). The highest BCUT2D eigenvalue weighted by atomic mass is 16.6. The molecule has 298 valence electrons. The van der Waals surface area contributed by atoms with Gasteiger partial charge in [0.15, 0.2) is 0 Å². The second-order valence-electron chi connectivity index (χ2n) is 20.4. The SMILES string of the molecule is CCCCCCCCCCCC1(CCCC(=O)O[C@H]2CC[C@@]3(C)C(=CC[C@H]4[C@@H]5CC[C@H]([C@H](C)CCCC(C)C)[C@@]5(C)CC[C@@H]43)C2)OCC(C)(C)[N+]1=O.